The minimum atomic E-state index is -1.69. The van der Waals surface area contributed by atoms with Gasteiger partial charge in [-0.15, -0.1) is 0 Å². The van der Waals surface area contributed by atoms with Crippen LogP contribution in [0.15, 0.2) is 24.3 Å². The van der Waals surface area contributed by atoms with Crippen LogP contribution in [0.5, 0.6) is 11.5 Å². The Labute approximate surface area is 269 Å². The number of phenolic OH excluding ortho intramolecular Hbond substituents is 2. The summed E-state index contributed by atoms with van der Waals surface area (Å²) in [4.78, 5) is 0. The summed E-state index contributed by atoms with van der Waals surface area (Å²) in [6.45, 7) is 27.7. The molecule has 0 amide bonds. The Balaban J connectivity index is 1.89. The molecule has 0 unspecified atom stereocenters. The summed E-state index contributed by atoms with van der Waals surface area (Å²) in [7, 11) is -3.39. The van der Waals surface area contributed by atoms with E-state index in [1.807, 2.05) is 0 Å². The molecular weight excluding hydrogens is 585 g/mol. The fourth-order valence-corrected chi connectivity index (χ4v) is 11.8. The van der Waals surface area contributed by atoms with Gasteiger partial charge in [0, 0.05) is 33.1 Å². The molecule has 3 rings (SSSR count). The lowest BCUT2D eigenvalue weighted by Crippen LogP contribution is -2.39. The normalized spacial score (nSPS) is 19.4. The van der Waals surface area contributed by atoms with Gasteiger partial charge in [0.05, 0.1) is 16.1 Å². The molecule has 0 aliphatic heterocycles. The molecule has 2 nitrogen and oxygen atoms in total. The minimum Gasteiger partial charge on any atom is -0.508 e. The molecule has 1 saturated carbocycles. The van der Waals surface area contributed by atoms with Gasteiger partial charge in [-0.25, -0.2) is 0 Å². The van der Waals surface area contributed by atoms with Gasteiger partial charge in [0.15, 0.2) is 0 Å². The molecule has 0 bridgehead atoms. The van der Waals surface area contributed by atoms with Crippen molar-refractivity contribution in [2.45, 2.75) is 152 Å². The number of aromatic hydroxyl groups is 2. The number of rotatable bonds is 8. The number of thioether (sulfide) groups is 2. The molecule has 42 heavy (non-hydrogen) atoms. The van der Waals surface area contributed by atoms with Crippen molar-refractivity contribution >= 4 is 50.0 Å². The molecular formula is C36H60O2S2Si2. The van der Waals surface area contributed by atoms with E-state index in [1.165, 1.54) is 60.0 Å². The third kappa shape index (κ3) is 9.34. The van der Waals surface area contributed by atoms with E-state index in [1.54, 1.807) is 0 Å². The predicted octanol–water partition coefficient (Wildman–Crippen LogP) is 10.0. The van der Waals surface area contributed by atoms with Gasteiger partial charge in [0.25, 0.3) is 0 Å². The lowest BCUT2D eigenvalue weighted by Gasteiger charge is -2.31. The maximum Gasteiger partial charge on any atom is 0.118 e. The maximum absolute atomic E-state index is 11.5. The van der Waals surface area contributed by atoms with Gasteiger partial charge >= 0.3 is 0 Å². The Bertz CT molecular complexity index is 1120. The van der Waals surface area contributed by atoms with Crippen LogP contribution in [0.25, 0.3) is 0 Å². The van der Waals surface area contributed by atoms with Crippen LogP contribution in [0.2, 0.25) is 39.3 Å². The van der Waals surface area contributed by atoms with Crippen LogP contribution in [-0.4, -0.2) is 36.9 Å². The summed E-state index contributed by atoms with van der Waals surface area (Å²) in [5.74, 6) is 2.82. The molecule has 1 aliphatic carbocycles. The summed E-state index contributed by atoms with van der Waals surface area (Å²) in [6.07, 6.45) is 7.69. The van der Waals surface area contributed by atoms with Gasteiger partial charge in [-0.3, -0.25) is 0 Å². The molecule has 2 N–H and O–H groups in total. The summed E-state index contributed by atoms with van der Waals surface area (Å²) < 4.78 is 0. The lowest BCUT2D eigenvalue weighted by molar-refractivity contribution is 0.472. The molecule has 2 aromatic carbocycles. The molecule has 0 spiro atoms. The third-order valence-electron chi connectivity index (χ3n) is 8.77. The zero-order valence-corrected chi connectivity index (χ0v) is 32.5. The first kappa shape index (κ1) is 35.7. The molecule has 236 valence electrons. The van der Waals surface area contributed by atoms with Crippen molar-refractivity contribution in [1.82, 2.24) is 0 Å². The number of benzene rings is 2. The standard InChI is InChI=1S/C36H60O2S2Si2/c1-35(2,3)27-19-25(33(37)31(21-27)41(7,8)9)23-39-29-17-15-13-14-16-18-30(29)40-24-26-20-28(36(4,5)6)22-32(34(26)38)42(10,11)12/h19-22,29-30,37-38H,13-18,23-24H2,1-12H3/t29-,30-/m0/s1. The lowest BCUT2D eigenvalue weighted by atomic mass is 9.86. The van der Waals surface area contributed by atoms with Crippen LogP contribution in [-0.2, 0) is 22.3 Å². The molecule has 1 aliphatic rings. The summed E-state index contributed by atoms with van der Waals surface area (Å²) in [6, 6.07) is 9.14. The zero-order valence-electron chi connectivity index (χ0n) is 28.8. The summed E-state index contributed by atoms with van der Waals surface area (Å²) >= 11 is 4.13. The van der Waals surface area contributed by atoms with Gasteiger partial charge in [0.1, 0.15) is 11.5 Å². The monoisotopic (exact) mass is 644 g/mol. The summed E-state index contributed by atoms with van der Waals surface area (Å²) in [5, 5.41) is 26.4. The largest absolute Gasteiger partial charge is 0.508 e. The smallest absolute Gasteiger partial charge is 0.118 e. The molecule has 0 aromatic heterocycles. The van der Waals surface area contributed by atoms with E-state index in [4.69, 9.17) is 0 Å². The van der Waals surface area contributed by atoms with Crippen molar-refractivity contribution in [3.63, 3.8) is 0 Å². The van der Waals surface area contributed by atoms with Crippen LogP contribution >= 0.6 is 23.5 Å². The van der Waals surface area contributed by atoms with Crippen LogP contribution in [0, 0.1) is 0 Å². The van der Waals surface area contributed by atoms with Crippen LogP contribution < -0.4 is 10.4 Å². The Kier molecular flexibility index (Phi) is 11.6. The molecule has 6 heteroatoms. The average Bonchev–Trinajstić information content (AvgIpc) is 2.81. The Morgan fingerprint density at radius 2 is 0.929 bits per heavy atom. The van der Waals surface area contributed by atoms with E-state index < -0.39 is 16.1 Å². The highest BCUT2D eigenvalue weighted by Gasteiger charge is 2.30. The van der Waals surface area contributed by atoms with E-state index in [9.17, 15) is 10.2 Å². The second kappa shape index (κ2) is 13.7. The fraction of sp³-hybridized carbons (Fsp3) is 0.667. The van der Waals surface area contributed by atoms with E-state index in [-0.39, 0.29) is 10.8 Å². The van der Waals surface area contributed by atoms with Crippen molar-refractivity contribution < 1.29 is 10.2 Å². The predicted molar refractivity (Wildman–Crippen MR) is 197 cm³/mol. The molecule has 2 atom stereocenters. The van der Waals surface area contributed by atoms with E-state index in [0.717, 1.165) is 22.6 Å². The second-order valence-electron chi connectivity index (χ2n) is 16.8. The molecule has 0 heterocycles. The number of phenols is 2. The molecule has 0 radical (unpaired) electrons. The summed E-state index contributed by atoms with van der Waals surface area (Å²) in [5.41, 5.74) is 5.02. The van der Waals surface area contributed by atoms with Gasteiger partial charge in [-0.05, 0) is 45.2 Å². The van der Waals surface area contributed by atoms with Crippen molar-refractivity contribution in [2.75, 3.05) is 0 Å². The highest BCUT2D eigenvalue weighted by Crippen LogP contribution is 2.40. The van der Waals surface area contributed by atoms with Crippen molar-refractivity contribution in [3.05, 3.63) is 46.5 Å². The first-order valence-corrected chi connectivity index (χ1v) is 25.3. The average molecular weight is 645 g/mol. The van der Waals surface area contributed by atoms with Gasteiger partial charge in [0.2, 0.25) is 0 Å². The van der Waals surface area contributed by atoms with E-state index in [0.29, 0.717) is 22.0 Å². The third-order valence-corrected chi connectivity index (χ3v) is 15.9. The van der Waals surface area contributed by atoms with E-state index >= 15 is 0 Å². The minimum absolute atomic E-state index is 0.0541. The SMILES string of the molecule is CC(C)(C)c1cc(CS[C@H]2CCCCCC[C@@H]2SCc2cc(C(C)(C)C)cc([Si](C)(C)C)c2O)c(O)c([Si](C)(C)C)c1. The topological polar surface area (TPSA) is 40.5 Å². The first-order chi connectivity index (χ1) is 19.2. The van der Waals surface area contributed by atoms with Crippen LogP contribution in [0.1, 0.15) is 102 Å². The Hall–Kier alpha value is -0.826. The van der Waals surface area contributed by atoms with Gasteiger partial charge < -0.3 is 10.2 Å². The second-order valence-corrected chi connectivity index (χ2v) is 29.3. The van der Waals surface area contributed by atoms with Crippen LogP contribution in [0.4, 0.5) is 0 Å². The number of hydrogen-bond acceptors (Lipinski definition) is 4. The van der Waals surface area contributed by atoms with Crippen molar-refractivity contribution in [1.29, 1.82) is 0 Å². The van der Waals surface area contributed by atoms with Crippen molar-refractivity contribution in [2.24, 2.45) is 0 Å². The first-order valence-electron chi connectivity index (χ1n) is 16.2. The van der Waals surface area contributed by atoms with Crippen molar-refractivity contribution in [3.8, 4) is 11.5 Å². The quantitative estimate of drug-likeness (QED) is 0.281. The highest BCUT2D eigenvalue weighted by molar-refractivity contribution is 8.03. The van der Waals surface area contributed by atoms with Crippen LogP contribution in [0.3, 0.4) is 0 Å². The van der Waals surface area contributed by atoms with Gasteiger partial charge in [-0.1, -0.05) is 131 Å². The number of hydrogen-bond donors (Lipinski definition) is 2. The molecule has 2 aromatic rings. The van der Waals surface area contributed by atoms with E-state index in [2.05, 4.69) is 129 Å². The maximum atomic E-state index is 11.5. The zero-order chi connectivity index (χ0) is 31.7. The molecule has 0 saturated heterocycles. The Morgan fingerprint density at radius 3 is 1.21 bits per heavy atom. The highest BCUT2D eigenvalue weighted by atomic mass is 32.2. The molecule has 1 fully saturated rings. The van der Waals surface area contributed by atoms with Gasteiger partial charge in [-0.2, -0.15) is 23.5 Å². The fourth-order valence-electron chi connectivity index (χ4n) is 5.81. The Morgan fingerprint density at radius 1 is 0.595 bits per heavy atom.